The summed E-state index contributed by atoms with van der Waals surface area (Å²) in [5, 5.41) is 0. The third-order valence-electron chi connectivity index (χ3n) is 2.91. The Morgan fingerprint density at radius 2 is 1.57 bits per heavy atom. The standard InChI is InChI=1S/C16H23NO4/c1-6-20-16(19)21-14-9-7-13(8-10-14)15(18)17(11(2)3)12(4)5/h7-12H,6H2,1-5H3. The van der Waals surface area contributed by atoms with Gasteiger partial charge in [0.05, 0.1) is 6.61 Å². The van der Waals surface area contributed by atoms with Gasteiger partial charge in [0, 0.05) is 17.6 Å². The van der Waals surface area contributed by atoms with Crippen LogP contribution in [0.2, 0.25) is 0 Å². The summed E-state index contributed by atoms with van der Waals surface area (Å²) in [7, 11) is 0. The van der Waals surface area contributed by atoms with Gasteiger partial charge < -0.3 is 14.4 Å². The molecule has 1 aromatic carbocycles. The van der Waals surface area contributed by atoms with Gasteiger partial charge in [-0.25, -0.2) is 4.79 Å². The third kappa shape index (κ3) is 4.77. The second kappa shape index (κ2) is 7.67. The minimum atomic E-state index is -0.748. The molecular formula is C16H23NO4. The van der Waals surface area contributed by atoms with E-state index < -0.39 is 6.16 Å². The number of benzene rings is 1. The summed E-state index contributed by atoms with van der Waals surface area (Å²) >= 11 is 0. The Labute approximate surface area is 125 Å². The Morgan fingerprint density at radius 1 is 1.05 bits per heavy atom. The van der Waals surface area contributed by atoms with E-state index in [4.69, 9.17) is 4.74 Å². The van der Waals surface area contributed by atoms with Crippen LogP contribution in [-0.2, 0) is 4.74 Å². The Balaban J connectivity index is 2.81. The number of hydrogen-bond donors (Lipinski definition) is 0. The fraction of sp³-hybridized carbons (Fsp3) is 0.500. The Morgan fingerprint density at radius 3 is 2.00 bits per heavy atom. The molecule has 0 radical (unpaired) electrons. The first-order chi connectivity index (χ1) is 9.86. The van der Waals surface area contributed by atoms with Crippen LogP contribution in [0.5, 0.6) is 5.75 Å². The monoisotopic (exact) mass is 293 g/mol. The van der Waals surface area contributed by atoms with Crippen LogP contribution in [-0.4, -0.2) is 35.7 Å². The lowest BCUT2D eigenvalue weighted by atomic mass is 10.1. The van der Waals surface area contributed by atoms with Crippen molar-refractivity contribution in [3.8, 4) is 5.75 Å². The fourth-order valence-electron chi connectivity index (χ4n) is 2.12. The highest BCUT2D eigenvalue weighted by Gasteiger charge is 2.21. The summed E-state index contributed by atoms with van der Waals surface area (Å²) in [4.78, 5) is 25.5. The molecule has 0 N–H and O–H groups in total. The van der Waals surface area contributed by atoms with E-state index in [0.717, 1.165) is 0 Å². The van der Waals surface area contributed by atoms with E-state index in [1.165, 1.54) is 0 Å². The average Bonchev–Trinajstić information content (AvgIpc) is 2.38. The minimum Gasteiger partial charge on any atom is -0.434 e. The normalized spacial score (nSPS) is 10.6. The highest BCUT2D eigenvalue weighted by molar-refractivity contribution is 5.94. The summed E-state index contributed by atoms with van der Waals surface area (Å²) in [5.41, 5.74) is 0.564. The number of nitrogens with zero attached hydrogens (tertiary/aromatic N) is 1. The van der Waals surface area contributed by atoms with Crippen LogP contribution in [0.15, 0.2) is 24.3 Å². The first kappa shape index (κ1) is 17.0. The van der Waals surface area contributed by atoms with Gasteiger partial charge in [-0.1, -0.05) is 0 Å². The smallest absolute Gasteiger partial charge is 0.434 e. The van der Waals surface area contributed by atoms with Gasteiger partial charge in [0.1, 0.15) is 5.75 Å². The van der Waals surface area contributed by atoms with Crippen molar-refractivity contribution in [3.05, 3.63) is 29.8 Å². The third-order valence-corrected chi connectivity index (χ3v) is 2.91. The number of amides is 1. The van der Waals surface area contributed by atoms with Gasteiger partial charge in [-0.15, -0.1) is 0 Å². The van der Waals surface area contributed by atoms with E-state index in [1.807, 2.05) is 27.7 Å². The van der Waals surface area contributed by atoms with Crippen LogP contribution in [0.4, 0.5) is 4.79 Å². The van der Waals surface area contributed by atoms with Gasteiger partial charge in [0.2, 0.25) is 0 Å². The molecule has 0 aromatic heterocycles. The zero-order valence-corrected chi connectivity index (χ0v) is 13.3. The number of carbonyl (C=O) groups excluding carboxylic acids is 2. The Kier molecular flexibility index (Phi) is 6.21. The molecule has 5 nitrogen and oxygen atoms in total. The molecule has 0 heterocycles. The summed E-state index contributed by atoms with van der Waals surface area (Å²) in [6.07, 6.45) is -0.748. The predicted octanol–water partition coefficient (Wildman–Crippen LogP) is 3.48. The van der Waals surface area contributed by atoms with E-state index in [-0.39, 0.29) is 24.6 Å². The molecule has 1 aromatic rings. The van der Waals surface area contributed by atoms with Crippen molar-refractivity contribution in [3.63, 3.8) is 0 Å². The zero-order chi connectivity index (χ0) is 16.0. The van der Waals surface area contributed by atoms with Crippen molar-refractivity contribution in [2.75, 3.05) is 6.61 Å². The molecule has 5 heteroatoms. The van der Waals surface area contributed by atoms with Gasteiger partial charge in [0.25, 0.3) is 5.91 Å². The van der Waals surface area contributed by atoms with E-state index in [1.54, 1.807) is 36.1 Å². The number of carbonyl (C=O) groups is 2. The molecule has 0 aliphatic carbocycles. The van der Waals surface area contributed by atoms with E-state index >= 15 is 0 Å². The molecule has 21 heavy (non-hydrogen) atoms. The molecule has 0 aliphatic heterocycles. The van der Waals surface area contributed by atoms with Crippen molar-refractivity contribution in [1.29, 1.82) is 0 Å². The van der Waals surface area contributed by atoms with E-state index in [9.17, 15) is 9.59 Å². The summed E-state index contributed by atoms with van der Waals surface area (Å²) < 4.78 is 9.65. The van der Waals surface area contributed by atoms with Gasteiger partial charge in [0.15, 0.2) is 0 Å². The van der Waals surface area contributed by atoms with Gasteiger partial charge in [-0.3, -0.25) is 4.79 Å². The van der Waals surface area contributed by atoms with Crippen molar-refractivity contribution < 1.29 is 19.1 Å². The molecule has 0 unspecified atom stereocenters. The maximum atomic E-state index is 12.5. The molecule has 0 saturated carbocycles. The summed E-state index contributed by atoms with van der Waals surface area (Å²) in [6.45, 7) is 9.89. The fourth-order valence-corrected chi connectivity index (χ4v) is 2.12. The summed E-state index contributed by atoms with van der Waals surface area (Å²) in [6, 6.07) is 6.70. The first-order valence-corrected chi connectivity index (χ1v) is 7.14. The largest absolute Gasteiger partial charge is 0.513 e. The van der Waals surface area contributed by atoms with Crippen molar-refractivity contribution in [2.24, 2.45) is 0 Å². The van der Waals surface area contributed by atoms with Gasteiger partial charge in [-0.05, 0) is 58.9 Å². The van der Waals surface area contributed by atoms with Gasteiger partial charge >= 0.3 is 6.16 Å². The predicted molar refractivity (Wildman–Crippen MR) is 80.5 cm³/mol. The number of rotatable bonds is 5. The van der Waals surface area contributed by atoms with Crippen LogP contribution < -0.4 is 4.74 Å². The molecule has 0 atom stereocenters. The molecule has 0 spiro atoms. The minimum absolute atomic E-state index is 0.0392. The second-order valence-corrected chi connectivity index (χ2v) is 5.21. The summed E-state index contributed by atoms with van der Waals surface area (Å²) in [5.74, 6) is 0.313. The van der Waals surface area contributed by atoms with Crippen molar-refractivity contribution in [1.82, 2.24) is 4.90 Å². The van der Waals surface area contributed by atoms with Crippen LogP contribution in [0, 0.1) is 0 Å². The van der Waals surface area contributed by atoms with Gasteiger partial charge in [-0.2, -0.15) is 0 Å². The molecule has 1 rings (SSSR count). The highest BCUT2D eigenvalue weighted by atomic mass is 16.7. The SMILES string of the molecule is CCOC(=O)Oc1ccc(C(=O)N(C(C)C)C(C)C)cc1. The van der Waals surface area contributed by atoms with E-state index in [0.29, 0.717) is 11.3 Å². The lowest BCUT2D eigenvalue weighted by Gasteiger charge is -2.30. The molecule has 0 aliphatic rings. The Hall–Kier alpha value is -2.04. The maximum Gasteiger partial charge on any atom is 0.513 e. The lowest BCUT2D eigenvalue weighted by molar-refractivity contribution is 0.0643. The van der Waals surface area contributed by atoms with Crippen LogP contribution in [0.1, 0.15) is 45.0 Å². The molecule has 0 saturated heterocycles. The van der Waals surface area contributed by atoms with E-state index in [2.05, 4.69) is 4.74 Å². The second-order valence-electron chi connectivity index (χ2n) is 5.21. The first-order valence-electron chi connectivity index (χ1n) is 7.14. The van der Waals surface area contributed by atoms with Crippen LogP contribution in [0.25, 0.3) is 0 Å². The highest BCUT2D eigenvalue weighted by Crippen LogP contribution is 2.17. The quantitative estimate of drug-likeness (QED) is 0.616. The van der Waals surface area contributed by atoms with Crippen LogP contribution in [0.3, 0.4) is 0 Å². The molecule has 116 valence electrons. The molecule has 1 amide bonds. The molecule has 0 fully saturated rings. The molecule has 0 bridgehead atoms. The van der Waals surface area contributed by atoms with Crippen molar-refractivity contribution >= 4 is 12.1 Å². The van der Waals surface area contributed by atoms with Crippen LogP contribution >= 0.6 is 0 Å². The zero-order valence-electron chi connectivity index (χ0n) is 13.3. The number of hydrogen-bond acceptors (Lipinski definition) is 4. The lowest BCUT2D eigenvalue weighted by Crippen LogP contribution is -2.42. The molecular weight excluding hydrogens is 270 g/mol. The average molecular weight is 293 g/mol. The number of ether oxygens (including phenoxy) is 2. The maximum absolute atomic E-state index is 12.5. The Bertz CT molecular complexity index is 472. The topological polar surface area (TPSA) is 55.8 Å². The van der Waals surface area contributed by atoms with Crippen molar-refractivity contribution in [2.45, 2.75) is 46.7 Å².